The standard InChI is InChI=1S/C15H18N4.2ClH/c1-10-5-3-4-6-13(10)18-15(17)19-14-8-7-12(16)9-11(14)2;;/h3-9H,16H2,1-2H3,(H3,17,18,19);2*1H. The molecule has 2 aromatic carbocycles. The number of halogens is 2. The molecule has 0 aromatic heterocycles. The third-order valence-corrected chi connectivity index (χ3v) is 2.91. The molecule has 2 aromatic rings. The van der Waals surface area contributed by atoms with Crippen molar-refractivity contribution in [3.05, 3.63) is 53.6 Å². The van der Waals surface area contributed by atoms with Gasteiger partial charge in [0.25, 0.3) is 0 Å². The SMILES string of the molecule is Cc1ccccc1NC(=N)Nc1ccc(N)cc1C.Cl.Cl. The van der Waals surface area contributed by atoms with E-state index in [1.54, 1.807) is 0 Å². The Labute approximate surface area is 137 Å². The molecule has 6 heteroatoms. The van der Waals surface area contributed by atoms with Crippen LogP contribution in [0.3, 0.4) is 0 Å². The first kappa shape index (κ1) is 19.1. The van der Waals surface area contributed by atoms with Crippen LogP contribution >= 0.6 is 24.8 Å². The first-order valence-electron chi connectivity index (χ1n) is 6.10. The molecule has 0 saturated heterocycles. The molecule has 0 unspecified atom stereocenters. The van der Waals surface area contributed by atoms with Gasteiger partial charge in [-0.15, -0.1) is 24.8 Å². The first-order chi connectivity index (χ1) is 9.06. The number of nitrogens with two attached hydrogens (primary N) is 1. The van der Waals surface area contributed by atoms with E-state index in [-0.39, 0.29) is 30.8 Å². The molecule has 0 saturated carbocycles. The molecule has 0 bridgehead atoms. The van der Waals surface area contributed by atoms with E-state index in [4.69, 9.17) is 11.1 Å². The number of anilines is 3. The van der Waals surface area contributed by atoms with E-state index >= 15 is 0 Å². The molecule has 114 valence electrons. The molecule has 0 spiro atoms. The monoisotopic (exact) mass is 326 g/mol. The van der Waals surface area contributed by atoms with Crippen molar-refractivity contribution in [2.24, 2.45) is 0 Å². The van der Waals surface area contributed by atoms with Gasteiger partial charge in [0.05, 0.1) is 0 Å². The summed E-state index contributed by atoms with van der Waals surface area (Å²) in [7, 11) is 0. The number of rotatable bonds is 2. The third kappa shape index (κ3) is 5.17. The topological polar surface area (TPSA) is 73.9 Å². The zero-order chi connectivity index (χ0) is 13.8. The van der Waals surface area contributed by atoms with Crippen LogP contribution in [-0.2, 0) is 0 Å². The molecular weight excluding hydrogens is 307 g/mol. The average molecular weight is 327 g/mol. The summed E-state index contributed by atoms with van der Waals surface area (Å²) in [4.78, 5) is 0. The first-order valence-corrected chi connectivity index (χ1v) is 6.10. The molecule has 0 aliphatic heterocycles. The number of hydrogen-bond donors (Lipinski definition) is 4. The molecule has 0 atom stereocenters. The smallest absolute Gasteiger partial charge is 0.197 e. The van der Waals surface area contributed by atoms with Crippen molar-refractivity contribution in [3.8, 4) is 0 Å². The van der Waals surface area contributed by atoms with Crippen molar-refractivity contribution in [3.63, 3.8) is 0 Å². The zero-order valence-electron chi connectivity index (χ0n) is 11.9. The van der Waals surface area contributed by atoms with Crippen LogP contribution in [0.4, 0.5) is 17.1 Å². The third-order valence-electron chi connectivity index (χ3n) is 2.91. The maximum atomic E-state index is 7.96. The Morgan fingerprint density at radius 2 is 1.48 bits per heavy atom. The molecule has 0 radical (unpaired) electrons. The van der Waals surface area contributed by atoms with Gasteiger partial charge in [-0.25, -0.2) is 0 Å². The number of benzene rings is 2. The Balaban J connectivity index is 0.00000200. The number of nitrogens with one attached hydrogen (secondary N) is 3. The normalized spacial score (nSPS) is 9.05. The van der Waals surface area contributed by atoms with Gasteiger partial charge in [0, 0.05) is 17.1 Å². The van der Waals surface area contributed by atoms with E-state index in [1.807, 2.05) is 56.3 Å². The van der Waals surface area contributed by atoms with Gasteiger partial charge in [0.2, 0.25) is 0 Å². The van der Waals surface area contributed by atoms with Gasteiger partial charge in [-0.05, 0) is 49.2 Å². The molecule has 0 amide bonds. The molecular formula is C15H20Cl2N4. The minimum Gasteiger partial charge on any atom is -0.399 e. The van der Waals surface area contributed by atoms with Crippen LogP contribution in [0.15, 0.2) is 42.5 Å². The van der Waals surface area contributed by atoms with Gasteiger partial charge in [-0.1, -0.05) is 18.2 Å². The van der Waals surface area contributed by atoms with Gasteiger partial charge in [0.15, 0.2) is 5.96 Å². The molecule has 2 rings (SSSR count). The molecule has 4 nitrogen and oxygen atoms in total. The summed E-state index contributed by atoms with van der Waals surface area (Å²) in [5, 5.41) is 14.0. The predicted octanol–water partition coefficient (Wildman–Crippen LogP) is 4.19. The van der Waals surface area contributed by atoms with Crippen molar-refractivity contribution in [2.75, 3.05) is 16.4 Å². The van der Waals surface area contributed by atoms with Gasteiger partial charge >= 0.3 is 0 Å². The highest BCUT2D eigenvalue weighted by atomic mass is 35.5. The lowest BCUT2D eigenvalue weighted by Crippen LogP contribution is -2.21. The van der Waals surface area contributed by atoms with Gasteiger partial charge in [-0.3, -0.25) is 5.41 Å². The lowest BCUT2D eigenvalue weighted by molar-refractivity contribution is 1.38. The summed E-state index contributed by atoms with van der Waals surface area (Å²) in [5.74, 6) is 0.238. The maximum Gasteiger partial charge on any atom is 0.197 e. The number of para-hydroxylation sites is 1. The Hall–Kier alpha value is -1.91. The van der Waals surface area contributed by atoms with Crippen LogP contribution in [0.1, 0.15) is 11.1 Å². The Kier molecular flexibility index (Phi) is 7.63. The lowest BCUT2D eigenvalue weighted by atomic mass is 10.2. The predicted molar refractivity (Wildman–Crippen MR) is 96.2 cm³/mol. The number of hydrogen-bond acceptors (Lipinski definition) is 2. The number of guanidine groups is 1. The van der Waals surface area contributed by atoms with Crippen molar-refractivity contribution in [1.29, 1.82) is 5.41 Å². The van der Waals surface area contributed by atoms with Crippen LogP contribution in [0.5, 0.6) is 0 Å². The maximum absolute atomic E-state index is 7.96. The van der Waals surface area contributed by atoms with Crippen LogP contribution < -0.4 is 16.4 Å². The molecule has 0 aliphatic rings. The summed E-state index contributed by atoms with van der Waals surface area (Å²) in [6.07, 6.45) is 0. The number of nitrogen functional groups attached to an aromatic ring is 1. The summed E-state index contributed by atoms with van der Waals surface area (Å²) in [5.41, 5.74) is 10.3. The van der Waals surface area contributed by atoms with E-state index in [9.17, 15) is 0 Å². The fourth-order valence-electron chi connectivity index (χ4n) is 1.84. The van der Waals surface area contributed by atoms with Gasteiger partial charge in [-0.2, -0.15) is 0 Å². The summed E-state index contributed by atoms with van der Waals surface area (Å²) >= 11 is 0. The summed E-state index contributed by atoms with van der Waals surface area (Å²) < 4.78 is 0. The van der Waals surface area contributed by atoms with E-state index < -0.39 is 0 Å². The van der Waals surface area contributed by atoms with Crippen molar-refractivity contribution in [2.45, 2.75) is 13.8 Å². The Bertz CT molecular complexity index is 614. The highest BCUT2D eigenvalue weighted by molar-refractivity contribution is 6.02. The quantitative estimate of drug-likeness (QED) is 0.380. The van der Waals surface area contributed by atoms with Gasteiger partial charge in [0.1, 0.15) is 0 Å². The highest BCUT2D eigenvalue weighted by Gasteiger charge is 2.03. The minimum atomic E-state index is 0. The number of aryl methyl sites for hydroxylation is 2. The molecule has 21 heavy (non-hydrogen) atoms. The average Bonchev–Trinajstić information content (AvgIpc) is 2.36. The van der Waals surface area contributed by atoms with E-state index in [0.29, 0.717) is 0 Å². The molecule has 5 N–H and O–H groups in total. The lowest BCUT2D eigenvalue weighted by Gasteiger charge is -2.14. The van der Waals surface area contributed by atoms with Crippen LogP contribution in [0.2, 0.25) is 0 Å². The molecule has 0 aliphatic carbocycles. The zero-order valence-corrected chi connectivity index (χ0v) is 13.6. The van der Waals surface area contributed by atoms with E-state index in [0.717, 1.165) is 28.2 Å². The second-order valence-electron chi connectivity index (χ2n) is 4.51. The fraction of sp³-hybridized carbons (Fsp3) is 0.133. The van der Waals surface area contributed by atoms with Gasteiger partial charge < -0.3 is 16.4 Å². The van der Waals surface area contributed by atoms with Crippen molar-refractivity contribution in [1.82, 2.24) is 0 Å². The second-order valence-corrected chi connectivity index (χ2v) is 4.51. The fourth-order valence-corrected chi connectivity index (χ4v) is 1.84. The van der Waals surface area contributed by atoms with Crippen LogP contribution in [0, 0.1) is 19.3 Å². The summed E-state index contributed by atoms with van der Waals surface area (Å²) in [6, 6.07) is 13.4. The Morgan fingerprint density at radius 1 is 0.905 bits per heavy atom. The summed E-state index contributed by atoms with van der Waals surface area (Å²) in [6.45, 7) is 3.96. The largest absolute Gasteiger partial charge is 0.399 e. The highest BCUT2D eigenvalue weighted by Crippen LogP contribution is 2.18. The van der Waals surface area contributed by atoms with Crippen molar-refractivity contribution < 1.29 is 0 Å². The van der Waals surface area contributed by atoms with Crippen LogP contribution in [0.25, 0.3) is 0 Å². The van der Waals surface area contributed by atoms with Crippen LogP contribution in [-0.4, -0.2) is 5.96 Å². The van der Waals surface area contributed by atoms with E-state index in [1.165, 1.54) is 0 Å². The molecule has 0 heterocycles. The second kappa shape index (κ2) is 8.39. The minimum absolute atomic E-state index is 0. The molecule has 0 fully saturated rings. The van der Waals surface area contributed by atoms with E-state index in [2.05, 4.69) is 10.6 Å². The Morgan fingerprint density at radius 3 is 2.05 bits per heavy atom. The van der Waals surface area contributed by atoms with Crippen molar-refractivity contribution >= 4 is 47.8 Å².